The van der Waals surface area contributed by atoms with E-state index >= 15 is 0 Å². The Labute approximate surface area is 297 Å². The first-order valence-electron chi connectivity index (χ1n) is 17.7. The normalized spacial score (nSPS) is 13.1. The van der Waals surface area contributed by atoms with Crippen LogP contribution in [-0.4, -0.2) is 9.97 Å². The number of aromatic nitrogens is 2. The number of hydrogen-bond acceptors (Lipinski definition) is 2. The van der Waals surface area contributed by atoms with E-state index in [1.54, 1.807) is 0 Å². The number of nitrogens with zero attached hydrogens (tertiary/aromatic N) is 2. The molecule has 9 aromatic rings. The SMILES string of the molecule is CC1(C)c2ccc3ccccc3c2-c2cccc(-c3ccc(-c4cc(-c5ccc6ccccc6c5)nc(-c5ccccc5)n4)c4ccccc34)c21. The molecule has 0 N–H and O–H groups in total. The minimum absolute atomic E-state index is 0.156. The minimum atomic E-state index is -0.156. The molecule has 0 saturated heterocycles. The lowest BCUT2D eigenvalue weighted by Gasteiger charge is -2.25. The number of rotatable bonds is 4. The molecule has 1 aromatic heterocycles. The topological polar surface area (TPSA) is 25.8 Å². The van der Waals surface area contributed by atoms with Gasteiger partial charge in [-0.05, 0) is 77.8 Å². The average Bonchev–Trinajstić information content (AvgIpc) is 3.44. The van der Waals surface area contributed by atoms with Crippen molar-refractivity contribution in [2.45, 2.75) is 19.3 Å². The highest BCUT2D eigenvalue weighted by atomic mass is 14.9. The van der Waals surface area contributed by atoms with E-state index in [1.807, 2.05) is 18.2 Å². The molecule has 0 saturated carbocycles. The van der Waals surface area contributed by atoms with Gasteiger partial charge in [0.15, 0.2) is 5.82 Å². The van der Waals surface area contributed by atoms with Crippen LogP contribution in [0, 0.1) is 0 Å². The summed E-state index contributed by atoms with van der Waals surface area (Å²) in [7, 11) is 0. The first-order chi connectivity index (χ1) is 25.0. The van der Waals surface area contributed by atoms with Crippen LogP contribution in [0.1, 0.15) is 25.0 Å². The lowest BCUT2D eigenvalue weighted by Crippen LogP contribution is -2.16. The van der Waals surface area contributed by atoms with E-state index in [2.05, 4.69) is 166 Å². The second-order valence-corrected chi connectivity index (χ2v) is 14.2. The molecule has 0 amide bonds. The van der Waals surface area contributed by atoms with Crippen molar-refractivity contribution >= 4 is 32.3 Å². The largest absolute Gasteiger partial charge is 0.228 e. The fourth-order valence-electron chi connectivity index (χ4n) is 8.43. The summed E-state index contributed by atoms with van der Waals surface area (Å²) in [5.74, 6) is 0.719. The third-order valence-corrected chi connectivity index (χ3v) is 10.9. The highest BCUT2D eigenvalue weighted by Crippen LogP contribution is 2.55. The van der Waals surface area contributed by atoms with Crippen molar-refractivity contribution in [2.75, 3.05) is 0 Å². The lowest BCUT2D eigenvalue weighted by atomic mass is 9.78. The molecule has 240 valence electrons. The standard InChI is InChI=1S/C49H34N2/c1-49(2)43-28-25-32-14-8-9-18-36(32)46(43)42-22-12-21-41(47(42)49)39-26-27-40(38-20-11-10-19-37(38)39)45-30-44(50-48(51-45)33-15-4-3-5-16-33)35-24-23-31-13-6-7-17-34(31)29-35/h3-30H,1-2H3. The third kappa shape index (κ3) is 4.64. The average molecular weight is 651 g/mol. The Hall–Kier alpha value is -6.38. The zero-order chi connectivity index (χ0) is 34.1. The van der Waals surface area contributed by atoms with Crippen LogP contribution in [0.15, 0.2) is 170 Å². The predicted octanol–water partition coefficient (Wildman–Crippen LogP) is 12.9. The van der Waals surface area contributed by atoms with Gasteiger partial charge in [-0.25, -0.2) is 9.97 Å². The summed E-state index contributed by atoms with van der Waals surface area (Å²) in [5, 5.41) is 7.40. The van der Waals surface area contributed by atoms with Crippen molar-refractivity contribution in [1.82, 2.24) is 9.97 Å². The van der Waals surface area contributed by atoms with Crippen LogP contribution in [0.3, 0.4) is 0 Å². The van der Waals surface area contributed by atoms with Crippen LogP contribution in [0.25, 0.3) is 88.5 Å². The third-order valence-electron chi connectivity index (χ3n) is 10.9. The first-order valence-corrected chi connectivity index (χ1v) is 17.7. The molecule has 0 unspecified atom stereocenters. The summed E-state index contributed by atoms with van der Waals surface area (Å²) >= 11 is 0. The fourth-order valence-corrected chi connectivity index (χ4v) is 8.43. The monoisotopic (exact) mass is 650 g/mol. The molecule has 8 aromatic carbocycles. The molecule has 0 radical (unpaired) electrons. The Bertz CT molecular complexity index is 2830. The van der Waals surface area contributed by atoms with Crippen LogP contribution < -0.4 is 0 Å². The van der Waals surface area contributed by atoms with Crippen molar-refractivity contribution in [3.63, 3.8) is 0 Å². The minimum Gasteiger partial charge on any atom is -0.228 e. The molecule has 1 aliphatic rings. The Morgan fingerprint density at radius 1 is 0.392 bits per heavy atom. The molecule has 0 fully saturated rings. The zero-order valence-corrected chi connectivity index (χ0v) is 28.6. The Morgan fingerprint density at radius 3 is 1.84 bits per heavy atom. The molecular weight excluding hydrogens is 617 g/mol. The van der Waals surface area contributed by atoms with Gasteiger partial charge in [0.05, 0.1) is 11.4 Å². The van der Waals surface area contributed by atoms with Gasteiger partial charge >= 0.3 is 0 Å². The van der Waals surface area contributed by atoms with Gasteiger partial charge in [-0.15, -0.1) is 0 Å². The fraction of sp³-hybridized carbons (Fsp3) is 0.0612. The summed E-state index contributed by atoms with van der Waals surface area (Å²) in [6.45, 7) is 4.76. The molecule has 10 rings (SSSR count). The second kappa shape index (κ2) is 11.3. The highest BCUT2D eigenvalue weighted by Gasteiger charge is 2.38. The molecule has 0 bridgehead atoms. The number of benzene rings is 8. The Balaban J connectivity index is 1.18. The van der Waals surface area contributed by atoms with Gasteiger partial charge in [-0.2, -0.15) is 0 Å². The molecule has 0 aliphatic heterocycles. The summed E-state index contributed by atoms with van der Waals surface area (Å²) < 4.78 is 0. The molecule has 1 heterocycles. The zero-order valence-electron chi connectivity index (χ0n) is 28.6. The summed E-state index contributed by atoms with van der Waals surface area (Å²) in [4.78, 5) is 10.4. The maximum Gasteiger partial charge on any atom is 0.160 e. The molecule has 0 atom stereocenters. The summed E-state index contributed by atoms with van der Waals surface area (Å²) in [6, 6.07) is 61.2. The van der Waals surface area contributed by atoms with Gasteiger partial charge in [-0.1, -0.05) is 172 Å². The van der Waals surface area contributed by atoms with E-state index in [0.717, 1.165) is 33.9 Å². The Morgan fingerprint density at radius 2 is 1.02 bits per heavy atom. The van der Waals surface area contributed by atoms with Crippen molar-refractivity contribution < 1.29 is 0 Å². The molecule has 2 nitrogen and oxygen atoms in total. The molecule has 1 aliphatic carbocycles. The highest BCUT2D eigenvalue weighted by molar-refractivity contribution is 6.08. The van der Waals surface area contributed by atoms with E-state index in [-0.39, 0.29) is 5.41 Å². The lowest BCUT2D eigenvalue weighted by molar-refractivity contribution is 0.662. The van der Waals surface area contributed by atoms with Crippen LogP contribution in [0.5, 0.6) is 0 Å². The van der Waals surface area contributed by atoms with Gasteiger partial charge in [0.2, 0.25) is 0 Å². The molecular formula is C49H34N2. The maximum absolute atomic E-state index is 5.24. The smallest absolute Gasteiger partial charge is 0.160 e. The van der Waals surface area contributed by atoms with E-state index in [9.17, 15) is 0 Å². The van der Waals surface area contributed by atoms with E-state index in [4.69, 9.17) is 9.97 Å². The van der Waals surface area contributed by atoms with Crippen molar-refractivity contribution in [3.8, 4) is 56.2 Å². The maximum atomic E-state index is 5.24. The van der Waals surface area contributed by atoms with Crippen molar-refractivity contribution in [2.24, 2.45) is 0 Å². The van der Waals surface area contributed by atoms with Crippen LogP contribution in [0.4, 0.5) is 0 Å². The van der Waals surface area contributed by atoms with Crippen molar-refractivity contribution in [1.29, 1.82) is 0 Å². The van der Waals surface area contributed by atoms with E-state index in [0.29, 0.717) is 0 Å². The van der Waals surface area contributed by atoms with Crippen LogP contribution in [-0.2, 0) is 5.41 Å². The second-order valence-electron chi connectivity index (χ2n) is 14.2. The van der Waals surface area contributed by atoms with Crippen LogP contribution in [0.2, 0.25) is 0 Å². The van der Waals surface area contributed by atoms with Gasteiger partial charge in [-0.3, -0.25) is 0 Å². The predicted molar refractivity (Wildman–Crippen MR) is 214 cm³/mol. The molecule has 2 heteroatoms. The summed E-state index contributed by atoms with van der Waals surface area (Å²) in [6.07, 6.45) is 0. The van der Waals surface area contributed by atoms with Crippen molar-refractivity contribution in [3.05, 3.63) is 181 Å². The van der Waals surface area contributed by atoms with Gasteiger partial charge in [0.1, 0.15) is 0 Å². The van der Waals surface area contributed by atoms with Gasteiger partial charge < -0.3 is 0 Å². The van der Waals surface area contributed by atoms with Gasteiger partial charge in [0, 0.05) is 22.1 Å². The first kappa shape index (κ1) is 29.5. The number of hydrogen-bond donors (Lipinski definition) is 0. The van der Waals surface area contributed by atoms with Crippen LogP contribution >= 0.6 is 0 Å². The molecule has 51 heavy (non-hydrogen) atoms. The van der Waals surface area contributed by atoms with Gasteiger partial charge in [0.25, 0.3) is 0 Å². The van der Waals surface area contributed by atoms with E-state index < -0.39 is 0 Å². The Kier molecular flexibility index (Phi) is 6.56. The summed E-state index contributed by atoms with van der Waals surface area (Å²) in [5.41, 5.74) is 12.8. The number of fused-ring (bicyclic) bond motifs is 7. The van der Waals surface area contributed by atoms with E-state index in [1.165, 1.54) is 65.7 Å². The quantitative estimate of drug-likeness (QED) is 0.189. The molecule has 0 spiro atoms.